The van der Waals surface area contributed by atoms with Gasteiger partial charge in [0.05, 0.1) is 12.0 Å². The van der Waals surface area contributed by atoms with Gasteiger partial charge in [0.2, 0.25) is 0 Å². The number of carboxylic acid groups (broad SMARTS) is 1. The molecule has 0 saturated heterocycles. The largest absolute Gasteiger partial charge is 0.481 e. The van der Waals surface area contributed by atoms with Crippen molar-refractivity contribution >= 4 is 5.97 Å². The average Bonchev–Trinajstić information content (AvgIpc) is 2.30. The van der Waals surface area contributed by atoms with Gasteiger partial charge in [-0.1, -0.05) is 19.3 Å². The van der Waals surface area contributed by atoms with E-state index in [1.54, 1.807) is 7.11 Å². The van der Waals surface area contributed by atoms with E-state index >= 15 is 0 Å². The number of rotatable bonds is 6. The first kappa shape index (κ1) is 14.5. The third-order valence-electron chi connectivity index (χ3n) is 3.98. The monoisotopic (exact) mass is 243 g/mol. The molecular formula is C13H25NO3. The maximum Gasteiger partial charge on any atom is 0.310 e. The van der Waals surface area contributed by atoms with Gasteiger partial charge in [-0.25, -0.2) is 0 Å². The Bertz CT molecular complexity index is 249. The molecule has 0 aromatic rings. The van der Waals surface area contributed by atoms with Crippen molar-refractivity contribution in [2.24, 2.45) is 5.41 Å². The molecule has 1 unspecified atom stereocenters. The second-order valence-corrected chi connectivity index (χ2v) is 5.37. The number of aliphatic carboxylic acids is 1. The van der Waals surface area contributed by atoms with Crippen LogP contribution in [0.15, 0.2) is 0 Å². The fourth-order valence-corrected chi connectivity index (χ4v) is 2.67. The summed E-state index contributed by atoms with van der Waals surface area (Å²) in [7, 11) is 3.67. The summed E-state index contributed by atoms with van der Waals surface area (Å²) in [4.78, 5) is 13.6. The van der Waals surface area contributed by atoms with E-state index in [4.69, 9.17) is 4.74 Å². The van der Waals surface area contributed by atoms with E-state index in [0.717, 1.165) is 25.7 Å². The first-order valence-electron chi connectivity index (χ1n) is 6.44. The minimum atomic E-state index is -0.631. The van der Waals surface area contributed by atoms with Gasteiger partial charge in [0.15, 0.2) is 0 Å². The van der Waals surface area contributed by atoms with Crippen molar-refractivity contribution in [1.82, 2.24) is 4.90 Å². The lowest BCUT2D eigenvalue weighted by Gasteiger charge is -2.38. The first-order chi connectivity index (χ1) is 8.02. The Morgan fingerprint density at radius 3 is 2.47 bits per heavy atom. The van der Waals surface area contributed by atoms with E-state index in [2.05, 4.69) is 11.8 Å². The highest BCUT2D eigenvalue weighted by atomic mass is 16.5. The standard InChI is InChI=1S/C13H25NO3/c1-11(9-17-3)14(2)10-13(12(15)16)7-5-4-6-8-13/h11H,4-10H2,1-3H3,(H,15,16). The van der Waals surface area contributed by atoms with Gasteiger partial charge in [0.1, 0.15) is 0 Å². The Hall–Kier alpha value is -0.610. The molecular weight excluding hydrogens is 218 g/mol. The summed E-state index contributed by atoms with van der Waals surface area (Å²) in [6.45, 7) is 3.35. The number of carboxylic acids is 1. The fraction of sp³-hybridized carbons (Fsp3) is 0.923. The number of methoxy groups -OCH3 is 1. The van der Waals surface area contributed by atoms with Gasteiger partial charge in [-0.05, 0) is 26.8 Å². The normalized spacial score (nSPS) is 21.4. The summed E-state index contributed by atoms with van der Waals surface area (Å²) >= 11 is 0. The topological polar surface area (TPSA) is 49.8 Å². The Morgan fingerprint density at radius 2 is 2.00 bits per heavy atom. The molecule has 4 nitrogen and oxygen atoms in total. The van der Waals surface area contributed by atoms with Crippen LogP contribution in [0.1, 0.15) is 39.0 Å². The summed E-state index contributed by atoms with van der Waals surface area (Å²) in [5, 5.41) is 9.49. The molecule has 0 heterocycles. The van der Waals surface area contributed by atoms with Crippen molar-refractivity contribution in [1.29, 1.82) is 0 Å². The van der Waals surface area contributed by atoms with Gasteiger partial charge in [0, 0.05) is 19.7 Å². The molecule has 0 amide bonds. The predicted molar refractivity (Wildman–Crippen MR) is 67.1 cm³/mol. The number of likely N-dealkylation sites (N-methyl/N-ethyl adjacent to an activating group) is 1. The third-order valence-corrected chi connectivity index (χ3v) is 3.98. The maximum absolute atomic E-state index is 11.5. The van der Waals surface area contributed by atoms with Gasteiger partial charge in [0.25, 0.3) is 0 Å². The summed E-state index contributed by atoms with van der Waals surface area (Å²) in [6.07, 6.45) is 4.88. The van der Waals surface area contributed by atoms with Crippen LogP contribution < -0.4 is 0 Å². The zero-order valence-corrected chi connectivity index (χ0v) is 11.2. The maximum atomic E-state index is 11.5. The molecule has 4 heteroatoms. The molecule has 0 spiro atoms. The zero-order valence-electron chi connectivity index (χ0n) is 11.2. The number of nitrogens with zero attached hydrogens (tertiary/aromatic N) is 1. The number of ether oxygens (including phenoxy) is 1. The molecule has 0 aromatic carbocycles. The molecule has 1 aliphatic carbocycles. The Kier molecular flexibility index (Phi) is 5.40. The number of hydrogen-bond donors (Lipinski definition) is 1. The van der Waals surface area contributed by atoms with E-state index < -0.39 is 11.4 Å². The summed E-state index contributed by atoms with van der Waals surface area (Å²) in [5.74, 6) is -0.631. The van der Waals surface area contributed by atoms with Crippen LogP contribution in [-0.2, 0) is 9.53 Å². The third kappa shape index (κ3) is 3.68. The highest BCUT2D eigenvalue weighted by molar-refractivity contribution is 5.75. The lowest BCUT2D eigenvalue weighted by Crippen LogP contribution is -2.46. The molecule has 0 radical (unpaired) electrons. The van der Waals surface area contributed by atoms with Crippen LogP contribution in [0, 0.1) is 5.41 Å². The van der Waals surface area contributed by atoms with Crippen LogP contribution in [0.25, 0.3) is 0 Å². The van der Waals surface area contributed by atoms with E-state index in [-0.39, 0.29) is 6.04 Å². The molecule has 1 saturated carbocycles. The molecule has 1 fully saturated rings. The molecule has 17 heavy (non-hydrogen) atoms. The van der Waals surface area contributed by atoms with E-state index in [1.165, 1.54) is 6.42 Å². The van der Waals surface area contributed by atoms with Crippen molar-refractivity contribution in [2.45, 2.75) is 45.1 Å². The predicted octanol–water partition coefficient (Wildman–Crippen LogP) is 1.99. The van der Waals surface area contributed by atoms with Crippen molar-refractivity contribution in [2.75, 3.05) is 27.3 Å². The van der Waals surface area contributed by atoms with Crippen molar-refractivity contribution in [3.8, 4) is 0 Å². The van der Waals surface area contributed by atoms with Crippen LogP contribution in [0.4, 0.5) is 0 Å². The second-order valence-electron chi connectivity index (χ2n) is 5.37. The molecule has 1 N–H and O–H groups in total. The minimum absolute atomic E-state index is 0.262. The molecule has 1 aliphatic rings. The highest BCUT2D eigenvalue weighted by Crippen LogP contribution is 2.37. The van der Waals surface area contributed by atoms with Gasteiger partial charge >= 0.3 is 5.97 Å². The van der Waals surface area contributed by atoms with E-state index in [0.29, 0.717) is 13.2 Å². The van der Waals surface area contributed by atoms with Crippen molar-refractivity contribution in [3.05, 3.63) is 0 Å². The molecule has 0 aromatic heterocycles. The fourth-order valence-electron chi connectivity index (χ4n) is 2.67. The van der Waals surface area contributed by atoms with E-state index in [1.807, 2.05) is 7.05 Å². The minimum Gasteiger partial charge on any atom is -0.481 e. The van der Waals surface area contributed by atoms with Crippen molar-refractivity contribution in [3.63, 3.8) is 0 Å². The lowest BCUT2D eigenvalue weighted by molar-refractivity contribution is -0.152. The number of carbonyl (C=O) groups is 1. The quantitative estimate of drug-likeness (QED) is 0.775. The summed E-state index contributed by atoms with van der Waals surface area (Å²) in [5.41, 5.74) is -0.533. The van der Waals surface area contributed by atoms with Crippen molar-refractivity contribution < 1.29 is 14.6 Å². The summed E-state index contributed by atoms with van der Waals surface area (Å²) in [6, 6.07) is 0.262. The molecule has 100 valence electrons. The molecule has 1 rings (SSSR count). The molecule has 0 aliphatic heterocycles. The highest BCUT2D eigenvalue weighted by Gasteiger charge is 2.40. The van der Waals surface area contributed by atoms with Crippen LogP contribution >= 0.6 is 0 Å². The average molecular weight is 243 g/mol. The van der Waals surface area contributed by atoms with Gasteiger partial charge in [-0.15, -0.1) is 0 Å². The summed E-state index contributed by atoms with van der Waals surface area (Å²) < 4.78 is 5.12. The Labute approximate surface area is 104 Å². The van der Waals surface area contributed by atoms with E-state index in [9.17, 15) is 9.90 Å². The van der Waals surface area contributed by atoms with Gasteiger partial charge in [-0.3, -0.25) is 4.79 Å². The first-order valence-corrected chi connectivity index (χ1v) is 6.44. The zero-order chi connectivity index (χ0) is 12.9. The number of hydrogen-bond acceptors (Lipinski definition) is 3. The molecule has 0 bridgehead atoms. The lowest BCUT2D eigenvalue weighted by atomic mass is 9.73. The smallest absolute Gasteiger partial charge is 0.310 e. The van der Waals surface area contributed by atoms with Crippen LogP contribution in [0.5, 0.6) is 0 Å². The van der Waals surface area contributed by atoms with Crippen LogP contribution in [-0.4, -0.2) is 49.3 Å². The van der Waals surface area contributed by atoms with Crippen LogP contribution in [0.3, 0.4) is 0 Å². The van der Waals surface area contributed by atoms with Gasteiger partial charge in [-0.2, -0.15) is 0 Å². The molecule has 1 atom stereocenters. The van der Waals surface area contributed by atoms with Gasteiger partial charge < -0.3 is 14.7 Å². The second kappa shape index (κ2) is 6.36. The van der Waals surface area contributed by atoms with Crippen LogP contribution in [0.2, 0.25) is 0 Å². The Morgan fingerprint density at radius 1 is 1.41 bits per heavy atom. The SMILES string of the molecule is COCC(C)N(C)CC1(C(=O)O)CCCCC1. The Balaban J connectivity index is 2.63.